The van der Waals surface area contributed by atoms with Gasteiger partial charge in [-0.2, -0.15) is 0 Å². The first-order valence-corrected chi connectivity index (χ1v) is 6.73. The summed E-state index contributed by atoms with van der Waals surface area (Å²) in [5, 5.41) is 9.00. The monoisotopic (exact) mass is 284 g/mol. The predicted molar refractivity (Wildman–Crippen MR) is 80.8 cm³/mol. The fourth-order valence-corrected chi connectivity index (χ4v) is 2.51. The van der Waals surface area contributed by atoms with Gasteiger partial charge in [-0.15, -0.1) is 0 Å². The normalized spacial score (nSPS) is 14.0. The van der Waals surface area contributed by atoms with Crippen molar-refractivity contribution < 1.29 is 14.6 Å². The summed E-state index contributed by atoms with van der Waals surface area (Å²) in [5.41, 5.74) is 8.61. The molecule has 0 bridgehead atoms. The van der Waals surface area contributed by atoms with Crippen molar-refractivity contribution in [3.63, 3.8) is 0 Å². The van der Waals surface area contributed by atoms with Gasteiger partial charge in [0.2, 0.25) is 0 Å². The summed E-state index contributed by atoms with van der Waals surface area (Å²) in [7, 11) is 0. The van der Waals surface area contributed by atoms with Gasteiger partial charge >= 0.3 is 5.97 Å². The molecule has 2 aromatic rings. The summed E-state index contributed by atoms with van der Waals surface area (Å²) in [6, 6.07) is 12.7. The zero-order valence-corrected chi connectivity index (χ0v) is 11.5. The Bertz CT molecular complexity index is 685. The first-order valence-electron chi connectivity index (χ1n) is 6.73. The van der Waals surface area contributed by atoms with Crippen LogP contribution in [0.5, 0.6) is 5.75 Å². The fourth-order valence-electron chi connectivity index (χ4n) is 2.51. The summed E-state index contributed by atoms with van der Waals surface area (Å²) in [6.07, 6.45) is 0. The second-order valence-corrected chi connectivity index (χ2v) is 4.96. The van der Waals surface area contributed by atoms with Crippen LogP contribution in [0.4, 0.5) is 11.4 Å². The minimum absolute atomic E-state index is 0.197. The van der Waals surface area contributed by atoms with Crippen molar-refractivity contribution in [1.82, 2.24) is 0 Å². The molecule has 0 fully saturated rings. The van der Waals surface area contributed by atoms with E-state index in [4.69, 9.17) is 15.6 Å². The minimum atomic E-state index is -0.974. The number of para-hydroxylation sites is 1. The van der Waals surface area contributed by atoms with Crippen molar-refractivity contribution in [1.29, 1.82) is 0 Å². The van der Waals surface area contributed by atoms with Gasteiger partial charge in [-0.25, -0.2) is 4.79 Å². The van der Waals surface area contributed by atoms with Gasteiger partial charge in [0.15, 0.2) is 0 Å². The Kier molecular flexibility index (Phi) is 3.39. The summed E-state index contributed by atoms with van der Waals surface area (Å²) in [6.45, 7) is 1.95. The molecule has 1 aliphatic heterocycles. The van der Waals surface area contributed by atoms with Gasteiger partial charge in [-0.1, -0.05) is 18.2 Å². The van der Waals surface area contributed by atoms with Gasteiger partial charge in [-0.3, -0.25) is 0 Å². The molecule has 1 aliphatic rings. The molecule has 0 unspecified atom stereocenters. The van der Waals surface area contributed by atoms with Crippen LogP contribution in [0.1, 0.15) is 15.9 Å². The molecule has 1 heterocycles. The molecule has 0 amide bonds. The maximum absolute atomic E-state index is 11.0. The van der Waals surface area contributed by atoms with Gasteiger partial charge in [0, 0.05) is 12.1 Å². The van der Waals surface area contributed by atoms with Crippen molar-refractivity contribution in [3.8, 4) is 5.75 Å². The Morgan fingerprint density at radius 3 is 2.81 bits per heavy atom. The third-order valence-electron chi connectivity index (χ3n) is 3.57. The van der Waals surface area contributed by atoms with E-state index in [2.05, 4.69) is 4.90 Å². The van der Waals surface area contributed by atoms with Crippen molar-refractivity contribution in [3.05, 3.63) is 53.6 Å². The van der Waals surface area contributed by atoms with Crippen LogP contribution in [0.15, 0.2) is 42.5 Å². The maximum atomic E-state index is 11.0. The second-order valence-electron chi connectivity index (χ2n) is 4.96. The zero-order valence-electron chi connectivity index (χ0n) is 11.5. The molecule has 5 heteroatoms. The Hall–Kier alpha value is -2.69. The van der Waals surface area contributed by atoms with E-state index in [1.807, 2.05) is 24.3 Å². The first-order chi connectivity index (χ1) is 10.1. The predicted octanol–water partition coefficient (Wildman–Crippen LogP) is 2.37. The van der Waals surface area contributed by atoms with Crippen LogP contribution in [-0.4, -0.2) is 24.2 Å². The Labute approximate surface area is 122 Å². The molecule has 0 saturated heterocycles. The highest BCUT2D eigenvalue weighted by molar-refractivity contribution is 5.90. The first kappa shape index (κ1) is 13.3. The third kappa shape index (κ3) is 2.63. The molecule has 2 aromatic carbocycles. The average molecular weight is 284 g/mol. The molecule has 5 nitrogen and oxygen atoms in total. The number of carboxylic acid groups (broad SMARTS) is 1. The number of ether oxygens (including phenoxy) is 1. The largest absolute Gasteiger partial charge is 0.491 e. The van der Waals surface area contributed by atoms with Gasteiger partial charge < -0.3 is 20.5 Å². The molecule has 0 atom stereocenters. The number of benzene rings is 2. The van der Waals surface area contributed by atoms with Crippen LogP contribution in [0, 0.1) is 0 Å². The zero-order chi connectivity index (χ0) is 14.8. The number of nitrogens with zero attached hydrogens (tertiary/aromatic N) is 1. The molecule has 108 valence electrons. The van der Waals surface area contributed by atoms with E-state index in [1.54, 1.807) is 12.1 Å². The highest BCUT2D eigenvalue weighted by Gasteiger charge is 2.17. The van der Waals surface area contributed by atoms with Gasteiger partial charge in [0.05, 0.1) is 23.5 Å². The van der Waals surface area contributed by atoms with Crippen LogP contribution in [0.3, 0.4) is 0 Å². The molecule has 3 rings (SSSR count). The van der Waals surface area contributed by atoms with E-state index in [-0.39, 0.29) is 5.56 Å². The third-order valence-corrected chi connectivity index (χ3v) is 3.57. The average Bonchev–Trinajstić information content (AvgIpc) is 2.69. The molecule has 3 N–H and O–H groups in total. The summed E-state index contributed by atoms with van der Waals surface area (Å²) in [5.74, 6) is -0.0847. The molecule has 0 aliphatic carbocycles. The molecule has 0 spiro atoms. The molecule has 0 saturated carbocycles. The number of fused-ring (bicyclic) bond motifs is 1. The van der Waals surface area contributed by atoms with Crippen molar-refractivity contribution in [2.24, 2.45) is 0 Å². The van der Waals surface area contributed by atoms with Gasteiger partial charge in [-0.05, 0) is 24.3 Å². The maximum Gasteiger partial charge on any atom is 0.335 e. The van der Waals surface area contributed by atoms with Crippen LogP contribution < -0.4 is 15.4 Å². The lowest BCUT2D eigenvalue weighted by Gasteiger charge is -2.24. The van der Waals surface area contributed by atoms with Crippen molar-refractivity contribution in [2.75, 3.05) is 23.8 Å². The SMILES string of the molecule is Nc1cc(C(=O)O)ccc1N1CCOc2ccccc2C1. The number of rotatable bonds is 2. The van der Waals surface area contributed by atoms with Crippen LogP contribution in [-0.2, 0) is 6.54 Å². The topological polar surface area (TPSA) is 75.8 Å². The quantitative estimate of drug-likeness (QED) is 0.828. The highest BCUT2D eigenvalue weighted by Crippen LogP contribution is 2.30. The van der Waals surface area contributed by atoms with Crippen LogP contribution in [0.25, 0.3) is 0 Å². The molecular formula is C16H16N2O3. The van der Waals surface area contributed by atoms with E-state index in [1.165, 1.54) is 6.07 Å². The molecule has 21 heavy (non-hydrogen) atoms. The molecule has 0 aromatic heterocycles. The Balaban J connectivity index is 1.92. The number of anilines is 2. The number of hydrogen-bond acceptors (Lipinski definition) is 4. The lowest BCUT2D eigenvalue weighted by atomic mass is 10.1. The van der Waals surface area contributed by atoms with E-state index in [0.717, 1.165) is 17.0 Å². The Morgan fingerprint density at radius 1 is 1.24 bits per heavy atom. The number of carbonyl (C=O) groups is 1. The summed E-state index contributed by atoms with van der Waals surface area (Å²) < 4.78 is 5.73. The van der Waals surface area contributed by atoms with E-state index >= 15 is 0 Å². The lowest BCUT2D eigenvalue weighted by Crippen LogP contribution is -2.26. The van der Waals surface area contributed by atoms with Gasteiger partial charge in [0.1, 0.15) is 12.4 Å². The lowest BCUT2D eigenvalue weighted by molar-refractivity contribution is 0.0697. The molecule has 0 radical (unpaired) electrons. The minimum Gasteiger partial charge on any atom is -0.491 e. The number of nitrogen functional groups attached to an aromatic ring is 1. The summed E-state index contributed by atoms with van der Waals surface area (Å²) >= 11 is 0. The standard InChI is InChI=1S/C16H16N2O3/c17-13-9-11(16(19)20)5-6-14(13)18-7-8-21-15-4-2-1-3-12(15)10-18/h1-6,9H,7-8,10,17H2,(H,19,20). The highest BCUT2D eigenvalue weighted by atomic mass is 16.5. The second kappa shape index (κ2) is 5.36. The van der Waals surface area contributed by atoms with Crippen molar-refractivity contribution >= 4 is 17.3 Å². The van der Waals surface area contributed by atoms with Crippen LogP contribution >= 0.6 is 0 Å². The number of nitrogens with two attached hydrogens (primary N) is 1. The van der Waals surface area contributed by atoms with Gasteiger partial charge in [0.25, 0.3) is 0 Å². The number of hydrogen-bond donors (Lipinski definition) is 2. The molecular weight excluding hydrogens is 268 g/mol. The van der Waals surface area contributed by atoms with Crippen LogP contribution in [0.2, 0.25) is 0 Å². The van der Waals surface area contributed by atoms with Crippen molar-refractivity contribution in [2.45, 2.75) is 6.54 Å². The Morgan fingerprint density at radius 2 is 2.05 bits per heavy atom. The van der Waals surface area contributed by atoms with E-state index < -0.39 is 5.97 Å². The summed E-state index contributed by atoms with van der Waals surface area (Å²) in [4.78, 5) is 13.1. The fraction of sp³-hybridized carbons (Fsp3) is 0.188. The van der Waals surface area contributed by atoms with E-state index in [9.17, 15) is 4.79 Å². The number of aromatic carboxylic acids is 1. The smallest absolute Gasteiger partial charge is 0.335 e. The van der Waals surface area contributed by atoms with E-state index in [0.29, 0.717) is 25.4 Å². The number of carboxylic acids is 1.